The van der Waals surface area contributed by atoms with Gasteiger partial charge in [0.2, 0.25) is 5.91 Å². The standard InChI is InChI=1S/C10H11BrFN3O3S/c11-7-2-8(13)10(14-3-7)15-4-6(1-9(15)16)5-19(12,17)18/h2-3,6H,1,4-5,13H2. The highest BCUT2D eigenvalue weighted by Gasteiger charge is 2.35. The second-order valence-electron chi connectivity index (χ2n) is 4.35. The van der Waals surface area contributed by atoms with Crippen molar-refractivity contribution in [3.8, 4) is 0 Å². The number of carbonyl (C=O) groups excluding carboxylic acids is 1. The van der Waals surface area contributed by atoms with Gasteiger partial charge in [-0.15, -0.1) is 3.89 Å². The van der Waals surface area contributed by atoms with E-state index < -0.39 is 21.9 Å². The number of amides is 1. The minimum Gasteiger partial charge on any atom is -0.396 e. The summed E-state index contributed by atoms with van der Waals surface area (Å²) in [5.74, 6) is -1.28. The van der Waals surface area contributed by atoms with Crippen molar-refractivity contribution in [3.63, 3.8) is 0 Å². The molecule has 6 nitrogen and oxygen atoms in total. The number of nitrogen functional groups attached to an aromatic ring is 1. The Kier molecular flexibility index (Phi) is 3.77. The maximum Gasteiger partial charge on any atom is 0.302 e. The van der Waals surface area contributed by atoms with E-state index in [1.54, 1.807) is 6.07 Å². The third-order valence-corrected chi connectivity index (χ3v) is 4.06. The first-order valence-corrected chi connectivity index (χ1v) is 7.74. The predicted molar refractivity (Wildman–Crippen MR) is 71.7 cm³/mol. The van der Waals surface area contributed by atoms with E-state index in [1.165, 1.54) is 11.1 Å². The van der Waals surface area contributed by atoms with E-state index in [2.05, 4.69) is 20.9 Å². The van der Waals surface area contributed by atoms with Crippen molar-refractivity contribution in [1.29, 1.82) is 0 Å². The van der Waals surface area contributed by atoms with E-state index in [-0.39, 0.29) is 24.7 Å². The van der Waals surface area contributed by atoms with Crippen molar-refractivity contribution in [1.82, 2.24) is 4.98 Å². The van der Waals surface area contributed by atoms with E-state index in [0.29, 0.717) is 10.2 Å². The van der Waals surface area contributed by atoms with Crippen LogP contribution in [0.5, 0.6) is 0 Å². The summed E-state index contributed by atoms with van der Waals surface area (Å²) in [4.78, 5) is 17.1. The monoisotopic (exact) mass is 351 g/mol. The summed E-state index contributed by atoms with van der Waals surface area (Å²) in [6.45, 7) is 0.0980. The fourth-order valence-corrected chi connectivity index (χ4v) is 3.19. The molecule has 1 unspecified atom stereocenters. The number of anilines is 2. The van der Waals surface area contributed by atoms with Gasteiger partial charge in [-0.2, -0.15) is 8.42 Å². The molecule has 1 aliphatic rings. The van der Waals surface area contributed by atoms with E-state index in [4.69, 9.17) is 5.73 Å². The zero-order chi connectivity index (χ0) is 14.2. The molecule has 104 valence electrons. The fourth-order valence-electron chi connectivity index (χ4n) is 2.05. The van der Waals surface area contributed by atoms with E-state index in [0.717, 1.165) is 0 Å². The highest BCUT2D eigenvalue weighted by Crippen LogP contribution is 2.30. The van der Waals surface area contributed by atoms with Crippen molar-refractivity contribution in [2.24, 2.45) is 5.92 Å². The van der Waals surface area contributed by atoms with Gasteiger partial charge in [0.15, 0.2) is 5.82 Å². The molecule has 1 amide bonds. The van der Waals surface area contributed by atoms with Crippen LogP contribution in [0.3, 0.4) is 0 Å². The molecule has 2 rings (SSSR count). The summed E-state index contributed by atoms with van der Waals surface area (Å²) in [6, 6.07) is 1.59. The summed E-state index contributed by atoms with van der Waals surface area (Å²) in [5, 5.41) is 0. The largest absolute Gasteiger partial charge is 0.396 e. The molecule has 0 aromatic carbocycles. The van der Waals surface area contributed by atoms with Gasteiger partial charge in [-0.05, 0) is 22.0 Å². The van der Waals surface area contributed by atoms with Crippen molar-refractivity contribution >= 4 is 43.6 Å². The van der Waals surface area contributed by atoms with Crippen LogP contribution in [0.4, 0.5) is 15.4 Å². The quantitative estimate of drug-likeness (QED) is 0.822. The van der Waals surface area contributed by atoms with Crippen molar-refractivity contribution in [2.75, 3.05) is 22.9 Å². The molecular weight excluding hydrogens is 341 g/mol. The van der Waals surface area contributed by atoms with Gasteiger partial charge in [0, 0.05) is 29.6 Å². The minimum absolute atomic E-state index is 0.0274. The Labute approximate surface area is 118 Å². The fraction of sp³-hybridized carbons (Fsp3) is 0.400. The highest BCUT2D eigenvalue weighted by atomic mass is 79.9. The Bertz CT molecular complexity index is 622. The van der Waals surface area contributed by atoms with Crippen molar-refractivity contribution < 1.29 is 17.1 Å². The van der Waals surface area contributed by atoms with Gasteiger partial charge in [0.05, 0.1) is 11.4 Å². The van der Waals surface area contributed by atoms with Gasteiger partial charge in [0.1, 0.15) is 0 Å². The first-order chi connectivity index (χ1) is 8.76. The van der Waals surface area contributed by atoms with Crippen LogP contribution in [0.25, 0.3) is 0 Å². The van der Waals surface area contributed by atoms with E-state index in [9.17, 15) is 17.1 Å². The molecule has 1 aliphatic heterocycles. The second-order valence-corrected chi connectivity index (χ2v) is 6.67. The third kappa shape index (κ3) is 3.41. The molecule has 2 heterocycles. The first kappa shape index (κ1) is 14.2. The van der Waals surface area contributed by atoms with Gasteiger partial charge in [-0.1, -0.05) is 0 Å². The molecule has 1 fully saturated rings. The first-order valence-electron chi connectivity index (χ1n) is 5.40. The molecule has 1 aromatic heterocycles. The lowest BCUT2D eigenvalue weighted by Crippen LogP contribution is -2.27. The molecule has 0 aliphatic carbocycles. The van der Waals surface area contributed by atoms with Crippen LogP contribution in [-0.2, 0) is 15.0 Å². The second kappa shape index (κ2) is 5.04. The average Bonchev–Trinajstić information content (AvgIpc) is 2.56. The molecule has 2 N–H and O–H groups in total. The number of nitrogens with two attached hydrogens (primary N) is 1. The highest BCUT2D eigenvalue weighted by molar-refractivity contribution is 9.10. The summed E-state index contributed by atoms with van der Waals surface area (Å²) in [6.07, 6.45) is 1.46. The number of carbonyl (C=O) groups is 1. The topological polar surface area (TPSA) is 93.4 Å². The number of nitrogens with zero attached hydrogens (tertiary/aromatic N) is 2. The zero-order valence-corrected chi connectivity index (χ0v) is 12.1. The van der Waals surface area contributed by atoms with Crippen LogP contribution in [0, 0.1) is 5.92 Å². The summed E-state index contributed by atoms with van der Waals surface area (Å²) in [7, 11) is -4.59. The van der Waals surface area contributed by atoms with Gasteiger partial charge in [-0.25, -0.2) is 4.98 Å². The molecule has 0 saturated carbocycles. The van der Waals surface area contributed by atoms with Crippen LogP contribution < -0.4 is 10.6 Å². The molecule has 1 atom stereocenters. The van der Waals surface area contributed by atoms with Crippen LogP contribution in [0.2, 0.25) is 0 Å². The molecule has 19 heavy (non-hydrogen) atoms. The molecule has 9 heteroatoms. The van der Waals surface area contributed by atoms with E-state index in [1.807, 2.05) is 0 Å². The lowest BCUT2D eigenvalue weighted by Gasteiger charge is -2.17. The molecule has 1 saturated heterocycles. The molecule has 0 spiro atoms. The van der Waals surface area contributed by atoms with Crippen LogP contribution in [-0.4, -0.2) is 31.6 Å². The summed E-state index contributed by atoms with van der Waals surface area (Å²) in [5.41, 5.74) is 6.06. The Hall–Kier alpha value is -1.22. The summed E-state index contributed by atoms with van der Waals surface area (Å²) < 4.78 is 34.5. The maximum absolute atomic E-state index is 12.6. The number of hydrogen-bond donors (Lipinski definition) is 1. The van der Waals surface area contributed by atoms with Gasteiger partial charge in [0.25, 0.3) is 0 Å². The van der Waals surface area contributed by atoms with Crippen LogP contribution in [0.1, 0.15) is 6.42 Å². The lowest BCUT2D eigenvalue weighted by molar-refractivity contribution is -0.117. The SMILES string of the molecule is Nc1cc(Br)cnc1N1CC(CS(=O)(=O)F)CC1=O. The van der Waals surface area contributed by atoms with Gasteiger partial charge < -0.3 is 5.73 Å². The van der Waals surface area contributed by atoms with Crippen molar-refractivity contribution in [3.05, 3.63) is 16.7 Å². The Morgan fingerprint density at radius 1 is 1.58 bits per heavy atom. The maximum atomic E-state index is 12.6. The van der Waals surface area contributed by atoms with Gasteiger partial charge >= 0.3 is 10.2 Å². The Morgan fingerprint density at radius 3 is 2.84 bits per heavy atom. The number of rotatable bonds is 3. The van der Waals surface area contributed by atoms with E-state index >= 15 is 0 Å². The lowest BCUT2D eigenvalue weighted by atomic mass is 10.1. The van der Waals surface area contributed by atoms with Crippen molar-refractivity contribution in [2.45, 2.75) is 6.42 Å². The summed E-state index contributed by atoms with van der Waals surface area (Å²) >= 11 is 3.20. The minimum atomic E-state index is -4.59. The molecule has 1 aromatic rings. The molecule has 0 radical (unpaired) electrons. The van der Waals surface area contributed by atoms with Gasteiger partial charge in [-0.3, -0.25) is 9.69 Å². The number of pyridine rings is 1. The number of halogens is 2. The zero-order valence-electron chi connectivity index (χ0n) is 9.71. The predicted octanol–water partition coefficient (Wildman–Crippen LogP) is 1.08. The van der Waals surface area contributed by atoms with Crippen LogP contribution >= 0.6 is 15.9 Å². The average molecular weight is 352 g/mol. The Balaban J connectivity index is 2.20. The Morgan fingerprint density at radius 2 is 2.26 bits per heavy atom. The van der Waals surface area contributed by atoms with Crippen LogP contribution in [0.15, 0.2) is 16.7 Å². The third-order valence-electron chi connectivity index (χ3n) is 2.76. The molecule has 0 bridgehead atoms. The smallest absolute Gasteiger partial charge is 0.302 e. The number of aromatic nitrogens is 1. The number of hydrogen-bond acceptors (Lipinski definition) is 5. The molecular formula is C10H11BrFN3O3S. The normalized spacial score (nSPS) is 20.0.